The lowest BCUT2D eigenvalue weighted by Crippen LogP contribution is -2.48. The summed E-state index contributed by atoms with van der Waals surface area (Å²) in [7, 11) is 0. The van der Waals surface area contributed by atoms with Gasteiger partial charge in [0.05, 0.1) is 22.8 Å². The first-order valence-corrected chi connectivity index (χ1v) is 8.27. The Hall–Kier alpha value is -2.34. The molecule has 1 aliphatic heterocycles. The van der Waals surface area contributed by atoms with E-state index < -0.39 is 0 Å². The molecule has 0 radical (unpaired) electrons. The molecule has 3 heterocycles. The summed E-state index contributed by atoms with van der Waals surface area (Å²) in [6, 6.07) is 3.53. The predicted molar refractivity (Wildman–Crippen MR) is 91.7 cm³/mol. The van der Waals surface area contributed by atoms with E-state index in [0.29, 0.717) is 5.56 Å². The Balaban J connectivity index is 1.60. The van der Waals surface area contributed by atoms with Gasteiger partial charge in [-0.2, -0.15) is 0 Å². The molecular weight excluding hydrogens is 302 g/mol. The van der Waals surface area contributed by atoms with E-state index in [1.807, 2.05) is 25.7 Å². The fourth-order valence-electron chi connectivity index (χ4n) is 2.91. The van der Waals surface area contributed by atoms with E-state index in [4.69, 9.17) is 0 Å². The van der Waals surface area contributed by atoms with Gasteiger partial charge in [-0.15, -0.1) is 0 Å². The topological polar surface area (TPSA) is 62.2 Å². The first kappa shape index (κ1) is 16.5. The smallest absolute Gasteiger partial charge is 0.254 e. The van der Waals surface area contributed by atoms with Crippen LogP contribution in [0.1, 0.15) is 33.1 Å². The maximum atomic E-state index is 12.5. The molecule has 2 aromatic heterocycles. The SMILES string of the molecule is Cc1nc(C)c(CN2CCN(C(=O)c3ccncc3)CC2)nc1C. The Labute approximate surface area is 142 Å². The molecule has 1 fully saturated rings. The first-order chi connectivity index (χ1) is 11.5. The lowest BCUT2D eigenvalue weighted by molar-refractivity contribution is 0.0626. The van der Waals surface area contributed by atoms with Crippen molar-refractivity contribution in [1.29, 1.82) is 0 Å². The quantitative estimate of drug-likeness (QED) is 0.860. The normalized spacial score (nSPS) is 15.5. The van der Waals surface area contributed by atoms with Crippen LogP contribution in [0, 0.1) is 20.8 Å². The van der Waals surface area contributed by atoms with E-state index in [1.165, 1.54) is 0 Å². The van der Waals surface area contributed by atoms with Crippen LogP contribution >= 0.6 is 0 Å². The molecule has 0 saturated carbocycles. The summed E-state index contributed by atoms with van der Waals surface area (Å²) >= 11 is 0. The van der Waals surface area contributed by atoms with E-state index >= 15 is 0 Å². The van der Waals surface area contributed by atoms with Gasteiger partial charge in [0.1, 0.15) is 0 Å². The van der Waals surface area contributed by atoms with Crippen molar-refractivity contribution in [3.8, 4) is 0 Å². The Kier molecular flexibility index (Phi) is 4.85. The summed E-state index contributed by atoms with van der Waals surface area (Å²) in [4.78, 5) is 29.9. The van der Waals surface area contributed by atoms with E-state index in [9.17, 15) is 4.79 Å². The average Bonchev–Trinajstić information content (AvgIpc) is 2.60. The number of piperazine rings is 1. The van der Waals surface area contributed by atoms with Gasteiger partial charge in [0.25, 0.3) is 5.91 Å². The molecule has 3 rings (SSSR count). The van der Waals surface area contributed by atoms with Gasteiger partial charge in [-0.05, 0) is 32.9 Å². The van der Waals surface area contributed by atoms with Crippen LogP contribution in [0.4, 0.5) is 0 Å². The number of amides is 1. The van der Waals surface area contributed by atoms with Gasteiger partial charge in [-0.1, -0.05) is 0 Å². The summed E-state index contributed by atoms with van der Waals surface area (Å²) < 4.78 is 0. The van der Waals surface area contributed by atoms with Crippen LogP contribution < -0.4 is 0 Å². The third kappa shape index (κ3) is 3.59. The van der Waals surface area contributed by atoms with Crippen LogP contribution in [0.2, 0.25) is 0 Å². The van der Waals surface area contributed by atoms with Crippen LogP contribution in [0.25, 0.3) is 0 Å². The minimum absolute atomic E-state index is 0.0826. The standard InChI is InChI=1S/C18H23N5O/c1-13-14(2)21-17(15(3)20-13)12-22-8-10-23(11-9-22)18(24)16-4-6-19-7-5-16/h4-7H,8-12H2,1-3H3. The molecule has 126 valence electrons. The highest BCUT2D eigenvalue weighted by Crippen LogP contribution is 2.13. The zero-order valence-electron chi connectivity index (χ0n) is 14.5. The second-order valence-corrected chi connectivity index (χ2v) is 6.23. The lowest BCUT2D eigenvalue weighted by Gasteiger charge is -2.34. The minimum Gasteiger partial charge on any atom is -0.336 e. The van der Waals surface area contributed by atoms with Crippen LogP contribution in [0.15, 0.2) is 24.5 Å². The van der Waals surface area contributed by atoms with Crippen molar-refractivity contribution in [3.05, 3.63) is 52.9 Å². The van der Waals surface area contributed by atoms with Crippen molar-refractivity contribution in [2.24, 2.45) is 0 Å². The van der Waals surface area contributed by atoms with E-state index in [1.54, 1.807) is 24.5 Å². The molecule has 1 amide bonds. The molecule has 0 N–H and O–H groups in total. The predicted octanol–water partition coefficient (Wildman–Crippen LogP) is 1.75. The number of carbonyl (C=O) groups is 1. The summed E-state index contributed by atoms with van der Waals surface area (Å²) in [5, 5.41) is 0. The van der Waals surface area contributed by atoms with E-state index in [0.717, 1.165) is 55.5 Å². The van der Waals surface area contributed by atoms with Gasteiger partial charge < -0.3 is 4.90 Å². The lowest BCUT2D eigenvalue weighted by atomic mass is 10.2. The highest BCUT2D eigenvalue weighted by Gasteiger charge is 2.22. The molecule has 6 nitrogen and oxygen atoms in total. The molecule has 0 aliphatic carbocycles. The molecular formula is C18H23N5O. The number of aromatic nitrogens is 3. The number of pyridine rings is 1. The van der Waals surface area contributed by atoms with Crippen LogP contribution in [0.5, 0.6) is 0 Å². The third-order valence-electron chi connectivity index (χ3n) is 4.54. The van der Waals surface area contributed by atoms with Crippen molar-refractivity contribution in [1.82, 2.24) is 24.8 Å². The molecule has 1 saturated heterocycles. The molecule has 24 heavy (non-hydrogen) atoms. The molecule has 1 aliphatic rings. The maximum absolute atomic E-state index is 12.5. The molecule has 0 unspecified atom stereocenters. The maximum Gasteiger partial charge on any atom is 0.254 e. The molecule has 0 spiro atoms. The second kappa shape index (κ2) is 7.05. The number of carbonyl (C=O) groups excluding carboxylic acids is 1. The highest BCUT2D eigenvalue weighted by molar-refractivity contribution is 5.94. The van der Waals surface area contributed by atoms with Crippen molar-refractivity contribution in [2.75, 3.05) is 26.2 Å². The Morgan fingerprint density at radius 3 is 2.25 bits per heavy atom. The summed E-state index contributed by atoms with van der Waals surface area (Å²) in [6.07, 6.45) is 3.31. The summed E-state index contributed by atoms with van der Waals surface area (Å²) in [5.41, 5.74) is 4.71. The third-order valence-corrected chi connectivity index (χ3v) is 4.54. The van der Waals surface area contributed by atoms with Crippen molar-refractivity contribution in [2.45, 2.75) is 27.3 Å². The molecule has 2 aromatic rings. The van der Waals surface area contributed by atoms with Crippen LogP contribution in [0.3, 0.4) is 0 Å². The van der Waals surface area contributed by atoms with E-state index in [-0.39, 0.29) is 5.91 Å². The summed E-state index contributed by atoms with van der Waals surface area (Å²) in [6.45, 7) is 9.96. The molecule has 0 atom stereocenters. The fourth-order valence-corrected chi connectivity index (χ4v) is 2.91. The molecule has 6 heteroatoms. The Morgan fingerprint density at radius 1 is 0.958 bits per heavy atom. The van der Waals surface area contributed by atoms with Crippen molar-refractivity contribution < 1.29 is 4.79 Å². The number of hydrogen-bond donors (Lipinski definition) is 0. The number of rotatable bonds is 3. The fraction of sp³-hybridized carbons (Fsp3) is 0.444. The van der Waals surface area contributed by atoms with Gasteiger partial charge >= 0.3 is 0 Å². The van der Waals surface area contributed by atoms with Gasteiger partial charge in [-0.25, -0.2) is 0 Å². The number of hydrogen-bond acceptors (Lipinski definition) is 5. The molecule has 0 bridgehead atoms. The molecule has 0 aromatic carbocycles. The Morgan fingerprint density at radius 2 is 1.58 bits per heavy atom. The largest absolute Gasteiger partial charge is 0.336 e. The van der Waals surface area contributed by atoms with Gasteiger partial charge in [0, 0.05) is 50.7 Å². The van der Waals surface area contributed by atoms with Gasteiger partial charge in [-0.3, -0.25) is 24.6 Å². The first-order valence-electron chi connectivity index (χ1n) is 8.27. The zero-order chi connectivity index (χ0) is 17.1. The van der Waals surface area contributed by atoms with Gasteiger partial charge in [0.2, 0.25) is 0 Å². The second-order valence-electron chi connectivity index (χ2n) is 6.23. The van der Waals surface area contributed by atoms with Crippen LogP contribution in [-0.4, -0.2) is 56.8 Å². The monoisotopic (exact) mass is 325 g/mol. The summed E-state index contributed by atoms with van der Waals surface area (Å²) in [5.74, 6) is 0.0826. The average molecular weight is 325 g/mol. The highest BCUT2D eigenvalue weighted by atomic mass is 16.2. The van der Waals surface area contributed by atoms with Crippen molar-refractivity contribution >= 4 is 5.91 Å². The number of nitrogens with zero attached hydrogens (tertiary/aromatic N) is 5. The van der Waals surface area contributed by atoms with Crippen LogP contribution in [-0.2, 0) is 6.54 Å². The van der Waals surface area contributed by atoms with Crippen molar-refractivity contribution in [3.63, 3.8) is 0 Å². The van der Waals surface area contributed by atoms with E-state index in [2.05, 4.69) is 19.9 Å². The van der Waals surface area contributed by atoms with Gasteiger partial charge in [0.15, 0.2) is 0 Å². The number of aryl methyl sites for hydroxylation is 3. The minimum atomic E-state index is 0.0826. The zero-order valence-corrected chi connectivity index (χ0v) is 14.5. The Bertz CT molecular complexity index is 724.